The third-order valence-electron chi connectivity index (χ3n) is 4.04. The Kier molecular flexibility index (Phi) is 4.72. The number of hydrogen-bond acceptors (Lipinski definition) is 5. The molecule has 128 valence electrons. The van der Waals surface area contributed by atoms with Crippen LogP contribution in [0.15, 0.2) is 48.8 Å². The summed E-state index contributed by atoms with van der Waals surface area (Å²) in [6.07, 6.45) is 3.90. The van der Waals surface area contributed by atoms with Gasteiger partial charge < -0.3 is 9.14 Å². The SMILES string of the molecule is Cc1ccc2nc(COC(=O)c3ccc(C4SCCS4)cc3)cn2c1. The van der Waals surface area contributed by atoms with Crippen molar-refractivity contribution in [3.63, 3.8) is 0 Å². The van der Waals surface area contributed by atoms with Gasteiger partial charge in [0.2, 0.25) is 0 Å². The van der Waals surface area contributed by atoms with Crippen molar-refractivity contribution in [3.05, 3.63) is 71.2 Å². The van der Waals surface area contributed by atoms with Crippen LogP contribution in [0, 0.1) is 6.92 Å². The molecule has 0 aliphatic carbocycles. The predicted octanol–water partition coefficient (Wildman–Crippen LogP) is 4.48. The number of fused-ring (bicyclic) bond motifs is 1. The van der Waals surface area contributed by atoms with Crippen LogP contribution >= 0.6 is 23.5 Å². The minimum atomic E-state index is -0.313. The van der Waals surface area contributed by atoms with E-state index < -0.39 is 0 Å². The van der Waals surface area contributed by atoms with Crippen LogP contribution in [-0.4, -0.2) is 26.9 Å². The molecule has 0 unspecified atom stereocenters. The molecular weight excluding hydrogens is 352 g/mol. The van der Waals surface area contributed by atoms with Gasteiger partial charge in [-0.3, -0.25) is 0 Å². The maximum atomic E-state index is 12.3. The lowest BCUT2D eigenvalue weighted by atomic mass is 10.1. The van der Waals surface area contributed by atoms with Gasteiger partial charge in [0.05, 0.1) is 15.8 Å². The summed E-state index contributed by atoms with van der Waals surface area (Å²) in [6.45, 7) is 2.21. The Morgan fingerprint density at radius 3 is 2.68 bits per heavy atom. The average Bonchev–Trinajstić information content (AvgIpc) is 3.29. The molecule has 0 saturated carbocycles. The Morgan fingerprint density at radius 1 is 1.16 bits per heavy atom. The van der Waals surface area contributed by atoms with E-state index in [0.29, 0.717) is 10.1 Å². The molecule has 4 nitrogen and oxygen atoms in total. The number of carbonyl (C=O) groups is 1. The standard InChI is InChI=1S/C19H18N2O2S2/c1-13-2-7-17-20-16(11-21(17)10-13)12-23-18(22)14-3-5-15(6-4-14)19-24-8-9-25-19/h2-7,10-11,19H,8-9,12H2,1H3. The lowest BCUT2D eigenvalue weighted by Crippen LogP contribution is -2.05. The van der Waals surface area contributed by atoms with E-state index >= 15 is 0 Å². The first-order valence-electron chi connectivity index (χ1n) is 8.13. The summed E-state index contributed by atoms with van der Waals surface area (Å²) < 4.78 is 7.85. The molecule has 1 saturated heterocycles. The van der Waals surface area contributed by atoms with E-state index in [4.69, 9.17) is 4.74 Å². The Morgan fingerprint density at radius 2 is 1.92 bits per heavy atom. The van der Waals surface area contributed by atoms with Gasteiger partial charge in [-0.1, -0.05) is 18.2 Å². The summed E-state index contributed by atoms with van der Waals surface area (Å²) in [5.74, 6) is 2.07. The summed E-state index contributed by atoms with van der Waals surface area (Å²) in [5.41, 5.74) is 4.60. The van der Waals surface area contributed by atoms with Crippen molar-refractivity contribution >= 4 is 35.1 Å². The number of carbonyl (C=O) groups excluding carboxylic acids is 1. The van der Waals surface area contributed by atoms with E-state index in [1.54, 1.807) is 0 Å². The summed E-state index contributed by atoms with van der Waals surface area (Å²) >= 11 is 3.91. The molecule has 2 aromatic heterocycles. The van der Waals surface area contributed by atoms with Gasteiger partial charge in [-0.2, -0.15) is 0 Å². The molecule has 25 heavy (non-hydrogen) atoms. The molecule has 0 atom stereocenters. The number of hydrogen-bond donors (Lipinski definition) is 0. The number of aryl methyl sites for hydroxylation is 1. The topological polar surface area (TPSA) is 43.6 Å². The van der Waals surface area contributed by atoms with Gasteiger partial charge in [0, 0.05) is 23.9 Å². The number of thioether (sulfide) groups is 2. The first-order chi connectivity index (χ1) is 12.2. The minimum Gasteiger partial charge on any atom is -0.456 e. The van der Waals surface area contributed by atoms with Crippen molar-refractivity contribution in [2.24, 2.45) is 0 Å². The molecule has 1 aromatic carbocycles. The summed E-state index contributed by atoms with van der Waals surface area (Å²) in [5, 5.41) is 0. The molecule has 0 amide bonds. The van der Waals surface area contributed by atoms with Crippen LogP contribution in [-0.2, 0) is 11.3 Å². The molecule has 3 heterocycles. The molecule has 3 aromatic rings. The van der Waals surface area contributed by atoms with Gasteiger partial charge in [0.15, 0.2) is 0 Å². The predicted molar refractivity (Wildman–Crippen MR) is 103 cm³/mol. The van der Waals surface area contributed by atoms with E-state index in [2.05, 4.69) is 4.98 Å². The highest BCUT2D eigenvalue weighted by Crippen LogP contribution is 2.45. The first kappa shape index (κ1) is 16.5. The Bertz CT molecular complexity index is 899. The second kappa shape index (κ2) is 7.14. The lowest BCUT2D eigenvalue weighted by Gasteiger charge is -2.09. The van der Waals surface area contributed by atoms with E-state index in [9.17, 15) is 4.79 Å². The number of pyridine rings is 1. The molecule has 1 fully saturated rings. The van der Waals surface area contributed by atoms with Gasteiger partial charge in [0.25, 0.3) is 0 Å². The highest BCUT2D eigenvalue weighted by Gasteiger charge is 2.18. The number of rotatable bonds is 4. The highest BCUT2D eigenvalue weighted by atomic mass is 32.2. The van der Waals surface area contributed by atoms with Crippen LogP contribution in [0.3, 0.4) is 0 Å². The van der Waals surface area contributed by atoms with Crippen LogP contribution in [0.2, 0.25) is 0 Å². The molecule has 0 bridgehead atoms. The number of ether oxygens (including phenoxy) is 1. The van der Waals surface area contributed by atoms with Crippen LogP contribution < -0.4 is 0 Å². The third-order valence-corrected chi connectivity index (χ3v) is 7.14. The normalized spacial score (nSPS) is 14.9. The quantitative estimate of drug-likeness (QED) is 0.634. The fourth-order valence-electron chi connectivity index (χ4n) is 2.78. The van der Waals surface area contributed by atoms with Crippen molar-refractivity contribution in [1.82, 2.24) is 9.38 Å². The third kappa shape index (κ3) is 3.70. The molecule has 1 aliphatic heterocycles. The number of imidazole rings is 1. The Labute approximate surface area is 155 Å². The number of benzene rings is 1. The molecular formula is C19H18N2O2S2. The molecule has 1 aliphatic rings. The zero-order chi connectivity index (χ0) is 17.2. The Balaban J connectivity index is 1.40. The zero-order valence-electron chi connectivity index (χ0n) is 13.8. The second-order valence-electron chi connectivity index (χ2n) is 5.98. The fraction of sp³-hybridized carbons (Fsp3) is 0.263. The van der Waals surface area contributed by atoms with Crippen molar-refractivity contribution in [1.29, 1.82) is 0 Å². The largest absolute Gasteiger partial charge is 0.456 e. The van der Waals surface area contributed by atoms with Gasteiger partial charge in [-0.25, -0.2) is 9.78 Å². The molecule has 6 heteroatoms. The number of aromatic nitrogens is 2. The maximum Gasteiger partial charge on any atom is 0.338 e. The van der Waals surface area contributed by atoms with Crippen LogP contribution in [0.4, 0.5) is 0 Å². The number of esters is 1. The van der Waals surface area contributed by atoms with Gasteiger partial charge in [-0.15, -0.1) is 23.5 Å². The van der Waals surface area contributed by atoms with Crippen molar-refractivity contribution in [2.45, 2.75) is 18.1 Å². The summed E-state index contributed by atoms with van der Waals surface area (Å²) in [6, 6.07) is 11.7. The molecule has 4 rings (SSSR count). The van der Waals surface area contributed by atoms with Crippen molar-refractivity contribution < 1.29 is 9.53 Å². The van der Waals surface area contributed by atoms with E-state index in [-0.39, 0.29) is 12.6 Å². The molecule has 0 N–H and O–H groups in total. The highest BCUT2D eigenvalue weighted by molar-refractivity contribution is 8.19. The van der Waals surface area contributed by atoms with Crippen LogP contribution in [0.5, 0.6) is 0 Å². The number of nitrogens with zero attached hydrogens (tertiary/aromatic N) is 2. The van der Waals surface area contributed by atoms with Crippen molar-refractivity contribution in [3.8, 4) is 0 Å². The first-order valence-corrected chi connectivity index (χ1v) is 10.2. The Hall–Kier alpha value is -1.92. The zero-order valence-corrected chi connectivity index (χ0v) is 15.5. The van der Waals surface area contributed by atoms with Gasteiger partial charge in [0.1, 0.15) is 12.3 Å². The lowest BCUT2D eigenvalue weighted by molar-refractivity contribution is 0.0468. The van der Waals surface area contributed by atoms with Crippen LogP contribution in [0.25, 0.3) is 5.65 Å². The summed E-state index contributed by atoms with van der Waals surface area (Å²) in [7, 11) is 0. The molecule has 0 spiro atoms. The van der Waals surface area contributed by atoms with Crippen molar-refractivity contribution in [2.75, 3.05) is 11.5 Å². The van der Waals surface area contributed by atoms with E-state index in [0.717, 1.165) is 16.9 Å². The summed E-state index contributed by atoms with van der Waals surface area (Å²) in [4.78, 5) is 16.7. The smallest absolute Gasteiger partial charge is 0.338 e. The second-order valence-corrected chi connectivity index (χ2v) is 8.70. The van der Waals surface area contributed by atoms with Gasteiger partial charge in [-0.05, 0) is 36.2 Å². The minimum absolute atomic E-state index is 0.176. The average molecular weight is 370 g/mol. The van der Waals surface area contributed by atoms with Gasteiger partial charge >= 0.3 is 5.97 Å². The monoisotopic (exact) mass is 370 g/mol. The fourth-order valence-corrected chi connectivity index (χ4v) is 5.63. The van der Waals surface area contributed by atoms with Crippen LogP contribution in [0.1, 0.15) is 31.8 Å². The maximum absolute atomic E-state index is 12.3. The van der Waals surface area contributed by atoms with E-state index in [1.807, 2.05) is 83.6 Å². The van der Waals surface area contributed by atoms with E-state index in [1.165, 1.54) is 17.1 Å². The molecule has 0 radical (unpaired) electrons.